The van der Waals surface area contributed by atoms with E-state index in [1.165, 1.54) is 0 Å². The number of rotatable bonds is 14. The molecule has 0 saturated carbocycles. The smallest absolute Gasteiger partial charge is 0.0488 e. The second kappa shape index (κ2) is 15.8. The van der Waals surface area contributed by atoms with Crippen molar-refractivity contribution >= 4 is 0 Å². The minimum atomic E-state index is 0.257. The third-order valence-corrected chi connectivity index (χ3v) is 2.20. The first-order chi connectivity index (χ1) is 8.41. The molecule has 1 N–H and O–H groups in total. The monoisotopic (exact) mass is 248 g/mol. The van der Waals surface area contributed by atoms with Crippen LogP contribution in [0.25, 0.3) is 0 Å². The molecule has 0 aromatic carbocycles. The van der Waals surface area contributed by atoms with E-state index in [0.29, 0.717) is 0 Å². The molecule has 0 bridgehead atoms. The standard InChI is InChI=1S/C13H28O4/c1-2-8-15-10-5-12-17-13-6-11-16-9-4-3-7-14/h14H,2-13H2,1H3. The minimum Gasteiger partial charge on any atom is -0.396 e. The molecular weight excluding hydrogens is 220 g/mol. The summed E-state index contributed by atoms with van der Waals surface area (Å²) in [6.07, 6.45) is 4.75. The molecule has 0 heterocycles. The molecule has 0 aliphatic carbocycles. The highest BCUT2D eigenvalue weighted by Crippen LogP contribution is 1.92. The molecule has 0 rings (SSSR count). The van der Waals surface area contributed by atoms with E-state index in [4.69, 9.17) is 19.3 Å². The Hall–Kier alpha value is -0.160. The molecule has 0 saturated heterocycles. The molecule has 17 heavy (non-hydrogen) atoms. The van der Waals surface area contributed by atoms with Gasteiger partial charge in [-0.1, -0.05) is 6.92 Å². The molecule has 4 nitrogen and oxygen atoms in total. The maximum atomic E-state index is 8.56. The van der Waals surface area contributed by atoms with Crippen LogP contribution in [0.15, 0.2) is 0 Å². The zero-order valence-corrected chi connectivity index (χ0v) is 11.2. The fourth-order valence-electron chi connectivity index (χ4n) is 1.29. The van der Waals surface area contributed by atoms with E-state index in [1.807, 2.05) is 0 Å². The normalized spacial score (nSPS) is 10.9. The fraction of sp³-hybridized carbons (Fsp3) is 1.00. The summed E-state index contributed by atoms with van der Waals surface area (Å²) in [5.41, 5.74) is 0. The summed E-state index contributed by atoms with van der Waals surface area (Å²) < 4.78 is 16.2. The van der Waals surface area contributed by atoms with Gasteiger partial charge in [-0.25, -0.2) is 0 Å². The molecule has 0 atom stereocenters. The van der Waals surface area contributed by atoms with Crippen LogP contribution in [0.1, 0.15) is 39.0 Å². The summed E-state index contributed by atoms with van der Waals surface area (Å²) in [5.74, 6) is 0. The van der Waals surface area contributed by atoms with Gasteiger partial charge in [0.05, 0.1) is 0 Å². The molecule has 0 unspecified atom stereocenters. The third-order valence-electron chi connectivity index (χ3n) is 2.20. The molecule has 0 spiro atoms. The van der Waals surface area contributed by atoms with Crippen molar-refractivity contribution in [3.05, 3.63) is 0 Å². The van der Waals surface area contributed by atoms with E-state index >= 15 is 0 Å². The lowest BCUT2D eigenvalue weighted by atomic mass is 10.3. The molecule has 0 aromatic rings. The molecule has 4 heteroatoms. The summed E-state index contributed by atoms with van der Waals surface area (Å²) in [7, 11) is 0. The van der Waals surface area contributed by atoms with E-state index in [1.54, 1.807) is 0 Å². The van der Waals surface area contributed by atoms with E-state index in [9.17, 15) is 0 Å². The van der Waals surface area contributed by atoms with Gasteiger partial charge in [0.1, 0.15) is 0 Å². The predicted octanol–water partition coefficient (Wildman–Crippen LogP) is 2.00. The van der Waals surface area contributed by atoms with Crippen molar-refractivity contribution in [2.45, 2.75) is 39.0 Å². The van der Waals surface area contributed by atoms with Gasteiger partial charge in [-0.05, 0) is 32.1 Å². The van der Waals surface area contributed by atoms with Crippen molar-refractivity contribution in [3.63, 3.8) is 0 Å². The maximum Gasteiger partial charge on any atom is 0.0488 e. The Morgan fingerprint density at radius 2 is 1.12 bits per heavy atom. The second-order valence-corrected chi connectivity index (χ2v) is 3.97. The molecule has 104 valence electrons. The Morgan fingerprint density at radius 3 is 1.59 bits per heavy atom. The van der Waals surface area contributed by atoms with Gasteiger partial charge < -0.3 is 19.3 Å². The summed E-state index contributed by atoms with van der Waals surface area (Å²) in [6, 6.07) is 0. The average molecular weight is 248 g/mol. The molecule has 0 aliphatic heterocycles. The van der Waals surface area contributed by atoms with Crippen molar-refractivity contribution in [1.82, 2.24) is 0 Å². The van der Waals surface area contributed by atoms with Crippen molar-refractivity contribution < 1.29 is 19.3 Å². The Balaban J connectivity index is 2.85. The largest absolute Gasteiger partial charge is 0.396 e. The first kappa shape index (κ1) is 16.8. The van der Waals surface area contributed by atoms with Gasteiger partial charge in [-0.2, -0.15) is 0 Å². The summed E-state index contributed by atoms with van der Waals surface area (Å²) in [5, 5.41) is 8.56. The van der Waals surface area contributed by atoms with Gasteiger partial charge in [0.15, 0.2) is 0 Å². The quantitative estimate of drug-likeness (QED) is 0.478. The number of hydrogen-bond acceptors (Lipinski definition) is 4. The number of aliphatic hydroxyl groups is 1. The maximum absolute atomic E-state index is 8.56. The van der Waals surface area contributed by atoms with Gasteiger partial charge >= 0.3 is 0 Å². The molecular formula is C13H28O4. The first-order valence-corrected chi connectivity index (χ1v) is 6.76. The molecule has 0 amide bonds. The van der Waals surface area contributed by atoms with Crippen LogP contribution in [0.5, 0.6) is 0 Å². The van der Waals surface area contributed by atoms with Crippen LogP contribution in [0.3, 0.4) is 0 Å². The minimum absolute atomic E-state index is 0.257. The topological polar surface area (TPSA) is 47.9 Å². The number of hydrogen-bond donors (Lipinski definition) is 1. The van der Waals surface area contributed by atoms with E-state index < -0.39 is 0 Å². The molecule has 0 radical (unpaired) electrons. The zero-order valence-electron chi connectivity index (χ0n) is 11.2. The van der Waals surface area contributed by atoms with Crippen molar-refractivity contribution in [2.75, 3.05) is 46.2 Å². The van der Waals surface area contributed by atoms with E-state index in [-0.39, 0.29) is 6.61 Å². The van der Waals surface area contributed by atoms with Gasteiger partial charge in [-0.15, -0.1) is 0 Å². The number of aliphatic hydroxyl groups excluding tert-OH is 1. The van der Waals surface area contributed by atoms with Gasteiger partial charge in [-0.3, -0.25) is 0 Å². The van der Waals surface area contributed by atoms with Gasteiger partial charge in [0.2, 0.25) is 0 Å². The summed E-state index contributed by atoms with van der Waals surface area (Å²) >= 11 is 0. The van der Waals surface area contributed by atoms with Crippen LogP contribution in [0.4, 0.5) is 0 Å². The first-order valence-electron chi connectivity index (χ1n) is 6.76. The molecule has 0 aliphatic rings. The fourth-order valence-corrected chi connectivity index (χ4v) is 1.29. The number of ether oxygens (including phenoxy) is 3. The van der Waals surface area contributed by atoms with Crippen LogP contribution < -0.4 is 0 Å². The highest BCUT2D eigenvalue weighted by Gasteiger charge is 1.92. The SMILES string of the molecule is CCCOCCCOCCCOCCCCO. The van der Waals surface area contributed by atoms with Crippen LogP contribution in [-0.4, -0.2) is 51.4 Å². The Morgan fingerprint density at radius 1 is 0.647 bits per heavy atom. The molecule has 0 fully saturated rings. The summed E-state index contributed by atoms with van der Waals surface area (Å²) in [4.78, 5) is 0. The van der Waals surface area contributed by atoms with Crippen LogP contribution in [0.2, 0.25) is 0 Å². The highest BCUT2D eigenvalue weighted by atomic mass is 16.5. The predicted molar refractivity (Wildman–Crippen MR) is 68.3 cm³/mol. The van der Waals surface area contributed by atoms with E-state index in [0.717, 1.165) is 71.7 Å². The zero-order chi connectivity index (χ0) is 12.6. The van der Waals surface area contributed by atoms with Crippen molar-refractivity contribution in [3.8, 4) is 0 Å². The molecule has 0 aromatic heterocycles. The average Bonchev–Trinajstić information content (AvgIpc) is 2.35. The Kier molecular flexibility index (Phi) is 15.7. The lowest BCUT2D eigenvalue weighted by Crippen LogP contribution is -2.05. The lowest BCUT2D eigenvalue weighted by molar-refractivity contribution is 0.0620. The Labute approximate surface area is 105 Å². The van der Waals surface area contributed by atoms with Crippen LogP contribution in [-0.2, 0) is 14.2 Å². The van der Waals surface area contributed by atoms with Crippen LogP contribution >= 0.6 is 0 Å². The van der Waals surface area contributed by atoms with Gasteiger partial charge in [0, 0.05) is 46.2 Å². The van der Waals surface area contributed by atoms with Crippen molar-refractivity contribution in [1.29, 1.82) is 0 Å². The van der Waals surface area contributed by atoms with Crippen LogP contribution in [0, 0.1) is 0 Å². The van der Waals surface area contributed by atoms with Gasteiger partial charge in [0.25, 0.3) is 0 Å². The summed E-state index contributed by atoms with van der Waals surface area (Å²) in [6.45, 7) is 7.03. The van der Waals surface area contributed by atoms with E-state index in [2.05, 4.69) is 6.92 Å². The highest BCUT2D eigenvalue weighted by molar-refractivity contribution is 4.40. The van der Waals surface area contributed by atoms with Crippen molar-refractivity contribution in [2.24, 2.45) is 0 Å². The lowest BCUT2D eigenvalue weighted by Gasteiger charge is -2.05. The Bertz CT molecular complexity index is 117. The number of unbranched alkanes of at least 4 members (excludes halogenated alkanes) is 1. The second-order valence-electron chi connectivity index (χ2n) is 3.97. The third kappa shape index (κ3) is 15.8.